The molecule has 0 aromatic carbocycles. The zero-order chi connectivity index (χ0) is 16.9. The Balaban J connectivity index is 1.49. The van der Waals surface area contributed by atoms with Crippen molar-refractivity contribution in [3.8, 4) is 0 Å². The van der Waals surface area contributed by atoms with E-state index in [4.69, 9.17) is 9.05 Å². The molecule has 1 amide bonds. The van der Waals surface area contributed by atoms with Crippen LogP contribution in [0.5, 0.6) is 0 Å². The van der Waals surface area contributed by atoms with Crippen LogP contribution in [-0.4, -0.2) is 27.2 Å². The smallest absolute Gasteiger partial charge is 0.228 e. The SMILES string of the molecule is Cc1noc(C)c1CCc1nc(CC(=O)NC2CCCCC2)no1. The van der Waals surface area contributed by atoms with Crippen molar-refractivity contribution in [1.82, 2.24) is 20.6 Å². The monoisotopic (exact) mass is 332 g/mol. The maximum Gasteiger partial charge on any atom is 0.228 e. The lowest BCUT2D eigenvalue weighted by Gasteiger charge is -2.22. The second-order valence-electron chi connectivity index (χ2n) is 6.49. The molecular formula is C17H24N4O3. The van der Waals surface area contributed by atoms with Gasteiger partial charge in [0.05, 0.1) is 12.1 Å². The minimum atomic E-state index is -0.0278. The molecule has 0 saturated heterocycles. The van der Waals surface area contributed by atoms with E-state index in [-0.39, 0.29) is 12.3 Å². The number of aromatic nitrogens is 3. The van der Waals surface area contributed by atoms with Gasteiger partial charge in [0.2, 0.25) is 11.8 Å². The largest absolute Gasteiger partial charge is 0.361 e. The topological polar surface area (TPSA) is 94.0 Å². The molecule has 7 heteroatoms. The van der Waals surface area contributed by atoms with Crippen LogP contribution in [0, 0.1) is 13.8 Å². The van der Waals surface area contributed by atoms with Gasteiger partial charge in [0, 0.05) is 18.0 Å². The van der Waals surface area contributed by atoms with E-state index >= 15 is 0 Å². The highest BCUT2D eigenvalue weighted by molar-refractivity contribution is 5.78. The van der Waals surface area contributed by atoms with Crippen LogP contribution in [0.15, 0.2) is 9.05 Å². The molecule has 2 aromatic heterocycles. The Morgan fingerprint density at radius 3 is 2.62 bits per heavy atom. The maximum absolute atomic E-state index is 12.1. The highest BCUT2D eigenvalue weighted by atomic mass is 16.5. The second kappa shape index (κ2) is 7.59. The first-order chi connectivity index (χ1) is 11.6. The Kier molecular flexibility index (Phi) is 5.27. The van der Waals surface area contributed by atoms with Crippen LogP contribution < -0.4 is 5.32 Å². The number of nitrogens with one attached hydrogen (secondary N) is 1. The summed E-state index contributed by atoms with van der Waals surface area (Å²) < 4.78 is 10.4. The third kappa shape index (κ3) is 4.21. The van der Waals surface area contributed by atoms with Crippen molar-refractivity contribution in [2.75, 3.05) is 0 Å². The van der Waals surface area contributed by atoms with E-state index in [1.54, 1.807) is 0 Å². The van der Waals surface area contributed by atoms with E-state index in [2.05, 4.69) is 20.6 Å². The van der Waals surface area contributed by atoms with E-state index in [1.165, 1.54) is 19.3 Å². The fraction of sp³-hybridized carbons (Fsp3) is 0.647. The molecule has 0 radical (unpaired) electrons. The van der Waals surface area contributed by atoms with Gasteiger partial charge in [-0.3, -0.25) is 4.79 Å². The third-order valence-electron chi connectivity index (χ3n) is 4.57. The van der Waals surface area contributed by atoms with Gasteiger partial charge in [0.15, 0.2) is 5.82 Å². The molecule has 2 aromatic rings. The quantitative estimate of drug-likeness (QED) is 0.873. The number of carbonyl (C=O) groups excluding carboxylic acids is 1. The zero-order valence-electron chi connectivity index (χ0n) is 14.3. The van der Waals surface area contributed by atoms with Gasteiger partial charge in [-0.1, -0.05) is 29.6 Å². The van der Waals surface area contributed by atoms with Crippen LogP contribution in [0.1, 0.15) is 60.8 Å². The van der Waals surface area contributed by atoms with E-state index < -0.39 is 0 Å². The molecule has 3 rings (SSSR count). The van der Waals surface area contributed by atoms with Gasteiger partial charge >= 0.3 is 0 Å². The first kappa shape index (κ1) is 16.7. The standard InChI is InChI=1S/C17H24N4O3/c1-11-14(12(2)23-20-11)8-9-17-19-15(21-24-17)10-16(22)18-13-6-4-3-5-7-13/h13H,3-10H2,1-2H3,(H,18,22). The number of hydrogen-bond acceptors (Lipinski definition) is 6. The number of amides is 1. The average molecular weight is 332 g/mol. The molecule has 1 saturated carbocycles. The Morgan fingerprint density at radius 2 is 1.92 bits per heavy atom. The lowest BCUT2D eigenvalue weighted by atomic mass is 9.95. The molecule has 130 valence electrons. The van der Waals surface area contributed by atoms with Crippen molar-refractivity contribution >= 4 is 5.91 Å². The Hall–Kier alpha value is -2.18. The molecule has 1 aliphatic carbocycles. The van der Waals surface area contributed by atoms with Gasteiger partial charge in [0.25, 0.3) is 0 Å². The summed E-state index contributed by atoms with van der Waals surface area (Å²) in [7, 11) is 0. The van der Waals surface area contributed by atoms with E-state index in [1.807, 2.05) is 13.8 Å². The number of carbonyl (C=O) groups is 1. The van der Waals surface area contributed by atoms with Gasteiger partial charge in [0.1, 0.15) is 5.76 Å². The normalized spacial score (nSPS) is 15.6. The average Bonchev–Trinajstić information content (AvgIpc) is 3.13. The van der Waals surface area contributed by atoms with E-state index in [0.717, 1.165) is 36.3 Å². The summed E-state index contributed by atoms with van der Waals surface area (Å²) in [5.41, 5.74) is 1.96. The summed E-state index contributed by atoms with van der Waals surface area (Å²) in [5, 5.41) is 10.9. The predicted molar refractivity (Wildman–Crippen MR) is 86.4 cm³/mol. The van der Waals surface area contributed by atoms with Crippen LogP contribution in [0.4, 0.5) is 0 Å². The van der Waals surface area contributed by atoms with Gasteiger partial charge in [-0.2, -0.15) is 4.98 Å². The minimum Gasteiger partial charge on any atom is -0.361 e. The van der Waals surface area contributed by atoms with Crippen LogP contribution in [-0.2, 0) is 24.1 Å². The van der Waals surface area contributed by atoms with E-state index in [0.29, 0.717) is 24.2 Å². The first-order valence-electron chi connectivity index (χ1n) is 8.64. The Labute approximate surface area is 141 Å². The van der Waals surface area contributed by atoms with Crippen molar-refractivity contribution in [1.29, 1.82) is 0 Å². The third-order valence-corrected chi connectivity index (χ3v) is 4.57. The summed E-state index contributed by atoms with van der Waals surface area (Å²) in [5.74, 6) is 1.77. The Morgan fingerprint density at radius 1 is 1.12 bits per heavy atom. The molecule has 7 nitrogen and oxygen atoms in total. The molecule has 24 heavy (non-hydrogen) atoms. The minimum absolute atomic E-state index is 0.0278. The number of aryl methyl sites for hydroxylation is 3. The molecule has 1 N–H and O–H groups in total. The summed E-state index contributed by atoms with van der Waals surface area (Å²) in [6, 6.07) is 0.303. The molecule has 1 fully saturated rings. The van der Waals surface area contributed by atoms with Crippen LogP contribution in [0.2, 0.25) is 0 Å². The summed E-state index contributed by atoms with van der Waals surface area (Å²) in [6.07, 6.45) is 7.31. The molecule has 2 heterocycles. The lowest BCUT2D eigenvalue weighted by molar-refractivity contribution is -0.121. The number of nitrogens with zero attached hydrogens (tertiary/aromatic N) is 3. The first-order valence-corrected chi connectivity index (χ1v) is 8.64. The van der Waals surface area contributed by atoms with Crippen molar-refractivity contribution in [3.05, 3.63) is 28.7 Å². The highest BCUT2D eigenvalue weighted by Gasteiger charge is 2.18. The van der Waals surface area contributed by atoms with Gasteiger partial charge < -0.3 is 14.4 Å². The Bertz CT molecular complexity index is 666. The maximum atomic E-state index is 12.1. The molecular weight excluding hydrogens is 308 g/mol. The van der Waals surface area contributed by atoms with Gasteiger partial charge in [-0.05, 0) is 33.1 Å². The van der Waals surface area contributed by atoms with Crippen molar-refractivity contribution < 1.29 is 13.8 Å². The van der Waals surface area contributed by atoms with Crippen LogP contribution >= 0.6 is 0 Å². The predicted octanol–water partition coefficient (Wildman–Crippen LogP) is 2.45. The number of rotatable bonds is 6. The summed E-state index contributed by atoms with van der Waals surface area (Å²) in [6.45, 7) is 3.81. The molecule has 1 aliphatic rings. The van der Waals surface area contributed by atoms with E-state index in [9.17, 15) is 4.79 Å². The van der Waals surface area contributed by atoms with Crippen molar-refractivity contribution in [2.45, 2.75) is 71.3 Å². The molecule has 0 aliphatic heterocycles. The van der Waals surface area contributed by atoms with Crippen LogP contribution in [0.25, 0.3) is 0 Å². The highest BCUT2D eigenvalue weighted by Crippen LogP contribution is 2.17. The second-order valence-corrected chi connectivity index (χ2v) is 6.49. The molecule has 0 atom stereocenters. The van der Waals surface area contributed by atoms with Gasteiger partial charge in [-0.15, -0.1) is 0 Å². The van der Waals surface area contributed by atoms with Gasteiger partial charge in [-0.25, -0.2) is 0 Å². The molecule has 0 spiro atoms. The molecule has 0 bridgehead atoms. The summed E-state index contributed by atoms with van der Waals surface area (Å²) in [4.78, 5) is 16.4. The van der Waals surface area contributed by atoms with Crippen molar-refractivity contribution in [3.63, 3.8) is 0 Å². The fourth-order valence-corrected chi connectivity index (χ4v) is 3.22. The zero-order valence-corrected chi connectivity index (χ0v) is 14.3. The number of hydrogen-bond donors (Lipinski definition) is 1. The lowest BCUT2D eigenvalue weighted by Crippen LogP contribution is -2.37. The summed E-state index contributed by atoms with van der Waals surface area (Å²) >= 11 is 0. The van der Waals surface area contributed by atoms with Crippen molar-refractivity contribution in [2.24, 2.45) is 0 Å². The van der Waals surface area contributed by atoms with Crippen LogP contribution in [0.3, 0.4) is 0 Å². The fourth-order valence-electron chi connectivity index (χ4n) is 3.22. The molecule has 0 unspecified atom stereocenters.